The van der Waals surface area contributed by atoms with Crippen molar-refractivity contribution in [1.29, 1.82) is 0 Å². The Bertz CT molecular complexity index is 92.8. The van der Waals surface area contributed by atoms with E-state index in [-0.39, 0.29) is 16.6 Å². The molecule has 0 saturated carbocycles. The van der Waals surface area contributed by atoms with E-state index < -0.39 is 0 Å². The van der Waals surface area contributed by atoms with E-state index >= 15 is 0 Å². The van der Waals surface area contributed by atoms with Crippen molar-refractivity contribution in [3.63, 3.8) is 0 Å². The molecule has 0 heterocycles. The molecule has 0 rings (SSSR count). The molecule has 0 atom stereocenters. The molecule has 0 spiro atoms. The SMILES string of the molecule is CC(C)(I)C(CCO)CCO. The van der Waals surface area contributed by atoms with Gasteiger partial charge in [0.2, 0.25) is 0 Å². The van der Waals surface area contributed by atoms with Crippen molar-refractivity contribution in [2.45, 2.75) is 30.1 Å². The van der Waals surface area contributed by atoms with Crippen LogP contribution >= 0.6 is 22.6 Å². The molecule has 0 aromatic rings. The molecule has 0 radical (unpaired) electrons. The Morgan fingerprint density at radius 2 is 1.55 bits per heavy atom. The summed E-state index contributed by atoms with van der Waals surface area (Å²) in [6, 6.07) is 0. The molecule has 0 aromatic heterocycles. The maximum absolute atomic E-state index is 8.74. The second-order valence-electron chi connectivity index (χ2n) is 3.29. The molecule has 2 nitrogen and oxygen atoms in total. The van der Waals surface area contributed by atoms with Crippen LogP contribution in [0.25, 0.3) is 0 Å². The highest BCUT2D eigenvalue weighted by Crippen LogP contribution is 2.31. The van der Waals surface area contributed by atoms with E-state index in [4.69, 9.17) is 10.2 Å². The highest BCUT2D eigenvalue weighted by atomic mass is 127. The Morgan fingerprint density at radius 1 is 1.18 bits per heavy atom. The Labute approximate surface area is 82.1 Å². The third-order valence-corrected chi connectivity index (χ3v) is 2.81. The fourth-order valence-electron chi connectivity index (χ4n) is 1.14. The highest BCUT2D eigenvalue weighted by Gasteiger charge is 2.24. The first kappa shape index (κ1) is 11.6. The molecule has 0 saturated heterocycles. The Morgan fingerprint density at radius 3 is 1.73 bits per heavy atom. The first-order valence-corrected chi connectivity index (χ1v) is 5.01. The van der Waals surface area contributed by atoms with Gasteiger partial charge in [0.25, 0.3) is 0 Å². The molecule has 0 fully saturated rings. The molecule has 2 N–H and O–H groups in total. The van der Waals surface area contributed by atoms with Gasteiger partial charge in [-0.3, -0.25) is 0 Å². The number of aliphatic hydroxyl groups is 2. The van der Waals surface area contributed by atoms with Gasteiger partial charge in [0, 0.05) is 16.6 Å². The zero-order chi connectivity index (χ0) is 8.91. The molecule has 3 heteroatoms. The van der Waals surface area contributed by atoms with Gasteiger partial charge in [0.1, 0.15) is 0 Å². The predicted molar refractivity (Wildman–Crippen MR) is 55.0 cm³/mol. The molecule has 0 amide bonds. The van der Waals surface area contributed by atoms with Crippen molar-refractivity contribution in [2.75, 3.05) is 13.2 Å². The molecule has 0 aliphatic carbocycles. The maximum Gasteiger partial charge on any atom is 0.0434 e. The van der Waals surface area contributed by atoms with Crippen molar-refractivity contribution in [2.24, 2.45) is 5.92 Å². The van der Waals surface area contributed by atoms with Gasteiger partial charge in [-0.25, -0.2) is 0 Å². The number of hydrogen-bond donors (Lipinski definition) is 2. The minimum absolute atomic E-state index is 0.170. The van der Waals surface area contributed by atoms with Crippen LogP contribution in [0.5, 0.6) is 0 Å². The maximum atomic E-state index is 8.74. The van der Waals surface area contributed by atoms with Gasteiger partial charge in [-0.1, -0.05) is 36.4 Å². The van der Waals surface area contributed by atoms with Gasteiger partial charge in [0.15, 0.2) is 0 Å². The zero-order valence-corrected chi connectivity index (χ0v) is 9.34. The molecular weight excluding hydrogens is 255 g/mol. The average Bonchev–Trinajstić information content (AvgIpc) is 1.85. The summed E-state index contributed by atoms with van der Waals surface area (Å²) >= 11 is 2.36. The molecule has 0 aliphatic rings. The minimum Gasteiger partial charge on any atom is -0.396 e. The summed E-state index contributed by atoms with van der Waals surface area (Å²) in [6.45, 7) is 4.70. The second-order valence-corrected chi connectivity index (χ2v) is 6.07. The molecule has 68 valence electrons. The van der Waals surface area contributed by atoms with Crippen molar-refractivity contribution in [3.05, 3.63) is 0 Å². The normalized spacial score (nSPS) is 12.5. The topological polar surface area (TPSA) is 40.5 Å². The van der Waals surface area contributed by atoms with Crippen molar-refractivity contribution in [1.82, 2.24) is 0 Å². The predicted octanol–water partition coefficient (Wildman–Crippen LogP) is 1.58. The first-order valence-electron chi connectivity index (χ1n) is 3.93. The van der Waals surface area contributed by atoms with Crippen LogP contribution in [0.1, 0.15) is 26.7 Å². The zero-order valence-electron chi connectivity index (χ0n) is 7.18. The lowest BCUT2D eigenvalue weighted by Gasteiger charge is -2.27. The number of alkyl halides is 1. The van der Waals surface area contributed by atoms with Crippen LogP contribution in [0.2, 0.25) is 0 Å². The van der Waals surface area contributed by atoms with Crippen LogP contribution < -0.4 is 0 Å². The van der Waals surface area contributed by atoms with E-state index in [0.29, 0.717) is 5.92 Å². The van der Waals surface area contributed by atoms with E-state index in [9.17, 15) is 0 Å². The number of aliphatic hydroxyl groups excluding tert-OH is 2. The van der Waals surface area contributed by atoms with Gasteiger partial charge in [-0.05, 0) is 18.8 Å². The monoisotopic (exact) mass is 272 g/mol. The van der Waals surface area contributed by atoms with Crippen LogP contribution in [0.3, 0.4) is 0 Å². The number of rotatable bonds is 5. The van der Waals surface area contributed by atoms with E-state index in [1.165, 1.54) is 0 Å². The summed E-state index contributed by atoms with van der Waals surface area (Å²) in [7, 11) is 0. The Balaban J connectivity index is 3.88. The number of halogens is 1. The third-order valence-electron chi connectivity index (χ3n) is 1.93. The fraction of sp³-hybridized carbons (Fsp3) is 1.00. The molecule has 0 unspecified atom stereocenters. The van der Waals surface area contributed by atoms with Gasteiger partial charge < -0.3 is 10.2 Å². The van der Waals surface area contributed by atoms with Crippen LogP contribution in [0, 0.1) is 5.92 Å². The second kappa shape index (κ2) is 5.32. The van der Waals surface area contributed by atoms with Gasteiger partial charge in [-0.2, -0.15) is 0 Å². The van der Waals surface area contributed by atoms with Crippen LogP contribution in [0.4, 0.5) is 0 Å². The summed E-state index contributed by atoms with van der Waals surface area (Å²) in [4.78, 5) is 0. The van der Waals surface area contributed by atoms with Gasteiger partial charge in [0.05, 0.1) is 0 Å². The largest absolute Gasteiger partial charge is 0.396 e. The Kier molecular flexibility index (Phi) is 5.64. The third kappa shape index (κ3) is 4.98. The van der Waals surface area contributed by atoms with Crippen LogP contribution in [-0.4, -0.2) is 26.8 Å². The lowest BCUT2D eigenvalue weighted by Crippen LogP contribution is -2.25. The molecule has 11 heavy (non-hydrogen) atoms. The van der Waals surface area contributed by atoms with E-state index in [1.807, 2.05) is 0 Å². The van der Waals surface area contributed by atoms with Crippen molar-refractivity contribution in [3.8, 4) is 0 Å². The quantitative estimate of drug-likeness (QED) is 0.589. The minimum atomic E-state index is 0.170. The van der Waals surface area contributed by atoms with Crippen LogP contribution in [-0.2, 0) is 0 Å². The fourth-order valence-corrected chi connectivity index (χ4v) is 1.77. The standard InChI is InChI=1S/C8H17IO2/c1-8(2,9)7(3-5-10)4-6-11/h7,10-11H,3-6H2,1-2H3. The lowest BCUT2D eigenvalue weighted by atomic mass is 9.90. The van der Waals surface area contributed by atoms with E-state index in [0.717, 1.165) is 12.8 Å². The molecule has 0 bridgehead atoms. The van der Waals surface area contributed by atoms with Crippen molar-refractivity contribution >= 4 is 22.6 Å². The van der Waals surface area contributed by atoms with Crippen LogP contribution in [0.15, 0.2) is 0 Å². The van der Waals surface area contributed by atoms with Crippen molar-refractivity contribution < 1.29 is 10.2 Å². The van der Waals surface area contributed by atoms with E-state index in [2.05, 4.69) is 36.4 Å². The van der Waals surface area contributed by atoms with E-state index in [1.54, 1.807) is 0 Å². The summed E-state index contributed by atoms with van der Waals surface area (Å²) in [5.41, 5.74) is 0. The van der Waals surface area contributed by atoms with Gasteiger partial charge in [-0.15, -0.1) is 0 Å². The highest BCUT2D eigenvalue weighted by molar-refractivity contribution is 14.1. The summed E-state index contributed by atoms with van der Waals surface area (Å²) in [5, 5.41) is 17.5. The Hall–Kier alpha value is 0.650. The lowest BCUT2D eigenvalue weighted by molar-refractivity contribution is 0.201. The number of hydrogen-bond acceptors (Lipinski definition) is 2. The molecular formula is C8H17IO2. The molecule has 0 aliphatic heterocycles. The average molecular weight is 272 g/mol. The molecule has 0 aromatic carbocycles. The first-order chi connectivity index (χ1) is 5.02. The van der Waals surface area contributed by atoms with Gasteiger partial charge >= 0.3 is 0 Å². The smallest absolute Gasteiger partial charge is 0.0434 e. The summed E-state index contributed by atoms with van der Waals surface area (Å²) in [6.07, 6.45) is 1.58. The summed E-state index contributed by atoms with van der Waals surface area (Å²) in [5.74, 6) is 0.415. The summed E-state index contributed by atoms with van der Waals surface area (Å²) < 4.78 is 0.170.